The molecule has 0 spiro atoms. The van der Waals surface area contributed by atoms with Crippen molar-refractivity contribution in [3.63, 3.8) is 0 Å². The molecule has 4 rings (SSSR count). The number of hydrogen-bond acceptors (Lipinski definition) is 11. The van der Waals surface area contributed by atoms with Gasteiger partial charge in [-0.25, -0.2) is 23.0 Å². The highest BCUT2D eigenvalue weighted by atomic mass is 79.9. The molecule has 39 heavy (non-hydrogen) atoms. The lowest BCUT2D eigenvalue weighted by atomic mass is 10.1. The molecule has 12 nitrogen and oxygen atoms in total. The van der Waals surface area contributed by atoms with Crippen LogP contribution in [0.2, 0.25) is 0 Å². The van der Waals surface area contributed by atoms with Gasteiger partial charge in [0.05, 0.1) is 25.5 Å². The summed E-state index contributed by atoms with van der Waals surface area (Å²) in [6, 6.07) is 3.43. The summed E-state index contributed by atoms with van der Waals surface area (Å²) < 4.78 is 55.1. The van der Waals surface area contributed by atoms with E-state index in [-0.39, 0.29) is 24.4 Å². The number of aromatic nitrogens is 8. The third kappa shape index (κ3) is 7.80. The van der Waals surface area contributed by atoms with Crippen LogP contribution in [0.3, 0.4) is 0 Å². The molecule has 3 aromatic heterocycles. The summed E-state index contributed by atoms with van der Waals surface area (Å²) in [4.78, 5) is 4.83. The quantitative estimate of drug-likeness (QED) is 0.113. The summed E-state index contributed by atoms with van der Waals surface area (Å²) in [5, 5.41) is 41.3. The fourth-order valence-electron chi connectivity index (χ4n) is 3.31. The summed E-state index contributed by atoms with van der Waals surface area (Å²) in [6.07, 6.45) is 1.80. The minimum absolute atomic E-state index is 0.00220. The normalized spacial score (nSPS) is 14.7. The van der Waals surface area contributed by atoms with Gasteiger partial charge >= 0.3 is 0 Å². The first-order chi connectivity index (χ1) is 18.7. The van der Waals surface area contributed by atoms with Crippen molar-refractivity contribution in [3.05, 3.63) is 64.5 Å². The molecule has 0 aliphatic carbocycles. The predicted molar refractivity (Wildman–Crippen MR) is 133 cm³/mol. The third-order valence-electron chi connectivity index (χ3n) is 5.27. The number of halogens is 4. The average Bonchev–Trinajstić information content (AvgIpc) is 3.59. The summed E-state index contributed by atoms with van der Waals surface area (Å²) in [7, 11) is 0. The largest absolute Gasteiger partial charge is 0.394 e. The molecule has 3 heterocycles. The number of aliphatic hydroxyl groups excluding tert-OH is 2. The molecule has 0 fully saturated rings. The molecule has 0 aliphatic rings. The fraction of sp³-hybridized carbons (Fsp3) is 0.364. The van der Waals surface area contributed by atoms with E-state index in [1.165, 1.54) is 29.6 Å². The van der Waals surface area contributed by atoms with Gasteiger partial charge in [-0.1, -0.05) is 17.0 Å². The van der Waals surface area contributed by atoms with E-state index in [0.29, 0.717) is 15.2 Å². The lowest BCUT2D eigenvalue weighted by Gasteiger charge is -2.30. The van der Waals surface area contributed by atoms with E-state index in [0.717, 1.165) is 12.1 Å². The van der Waals surface area contributed by atoms with Crippen molar-refractivity contribution in [3.8, 4) is 11.3 Å². The highest BCUT2D eigenvalue weighted by Crippen LogP contribution is 2.31. The Morgan fingerprint density at radius 2 is 1.90 bits per heavy atom. The molecular formula is C22H22BrF3N8O4S. The van der Waals surface area contributed by atoms with Crippen LogP contribution in [0.15, 0.2) is 46.2 Å². The van der Waals surface area contributed by atoms with Gasteiger partial charge in [-0.3, -0.25) is 4.98 Å². The summed E-state index contributed by atoms with van der Waals surface area (Å²) in [5.41, 5.74) is -0.777. The second-order valence-electron chi connectivity index (χ2n) is 8.20. The molecule has 0 saturated carbocycles. The standard InChI is InChI=1S/C22H22BrF3N8O4S/c1-11(36)19(9-35)38-22(39-14-4-13(23)5-27-6-14)18(37-10-20-29-31-32-30-20)8-34-7-17(28-33-34)12-2-15(24)21(26)16(25)3-12/h2-7,11,18-19,22,35-36H,8-10H2,1H3,(H,29,30,31,32)/t11-,18+,19?,22?/m1/s1. The maximum absolute atomic E-state index is 13.8. The van der Waals surface area contributed by atoms with E-state index >= 15 is 0 Å². The zero-order valence-electron chi connectivity index (χ0n) is 20.2. The average molecular weight is 631 g/mol. The smallest absolute Gasteiger partial charge is 0.194 e. The Bertz CT molecular complexity index is 1340. The van der Waals surface area contributed by atoms with Crippen molar-refractivity contribution in [2.75, 3.05) is 6.61 Å². The molecule has 3 N–H and O–H groups in total. The predicted octanol–water partition coefficient (Wildman–Crippen LogP) is 2.50. The molecule has 0 radical (unpaired) electrons. The molecule has 0 bridgehead atoms. The Labute approximate surface area is 232 Å². The maximum Gasteiger partial charge on any atom is 0.194 e. The van der Waals surface area contributed by atoms with Crippen LogP contribution < -0.4 is 0 Å². The topological polar surface area (TPSA) is 157 Å². The number of hydrogen-bond donors (Lipinski definition) is 3. The lowest BCUT2D eigenvalue weighted by Crippen LogP contribution is -2.40. The number of rotatable bonds is 13. The summed E-state index contributed by atoms with van der Waals surface area (Å²) in [5.74, 6) is -3.99. The maximum atomic E-state index is 13.8. The van der Waals surface area contributed by atoms with Crippen LogP contribution in [0.5, 0.6) is 0 Å². The monoisotopic (exact) mass is 630 g/mol. The zero-order valence-corrected chi connectivity index (χ0v) is 22.6. The van der Waals surface area contributed by atoms with E-state index in [1.807, 2.05) is 0 Å². The summed E-state index contributed by atoms with van der Waals surface area (Å²) >= 11 is 4.58. The minimum Gasteiger partial charge on any atom is -0.394 e. The van der Waals surface area contributed by atoms with Crippen LogP contribution in [0, 0.1) is 17.5 Å². The first kappa shape index (κ1) is 29.0. The number of H-pyrrole nitrogens is 1. The number of ether oxygens (including phenoxy) is 2. The number of nitrogens with one attached hydrogen (secondary N) is 1. The number of aromatic amines is 1. The van der Waals surface area contributed by atoms with Crippen LogP contribution >= 0.6 is 27.7 Å². The molecule has 4 aromatic rings. The number of nitrogens with zero attached hydrogens (tertiary/aromatic N) is 7. The van der Waals surface area contributed by atoms with Crippen molar-refractivity contribution in [1.29, 1.82) is 0 Å². The van der Waals surface area contributed by atoms with Gasteiger partial charge in [0.1, 0.15) is 29.9 Å². The van der Waals surface area contributed by atoms with Gasteiger partial charge in [0.15, 0.2) is 23.3 Å². The van der Waals surface area contributed by atoms with Crippen molar-refractivity contribution < 1.29 is 32.9 Å². The SMILES string of the molecule is C[C@@H](O)C(CO)OC(Sc1cncc(Br)c1)[C@H](Cn1cc(-c2cc(F)c(F)c(F)c2)nn1)OCc1nnn[nH]1. The molecule has 4 atom stereocenters. The molecule has 0 aliphatic heterocycles. The summed E-state index contributed by atoms with van der Waals surface area (Å²) in [6.45, 7) is 0.935. The Morgan fingerprint density at radius 1 is 1.13 bits per heavy atom. The highest BCUT2D eigenvalue weighted by Gasteiger charge is 2.31. The second kappa shape index (κ2) is 13.4. The van der Waals surface area contributed by atoms with Crippen LogP contribution in [0.4, 0.5) is 13.2 Å². The zero-order chi connectivity index (χ0) is 27.9. The first-order valence-corrected chi connectivity index (χ1v) is 13.0. The molecule has 1 aromatic carbocycles. The van der Waals surface area contributed by atoms with Crippen molar-refractivity contribution in [2.24, 2.45) is 0 Å². The van der Waals surface area contributed by atoms with Crippen molar-refractivity contribution >= 4 is 27.7 Å². The molecule has 17 heteroatoms. The molecule has 2 unspecified atom stereocenters. The van der Waals surface area contributed by atoms with Gasteiger partial charge in [-0.2, -0.15) is 0 Å². The second-order valence-corrected chi connectivity index (χ2v) is 10.3. The minimum atomic E-state index is -1.59. The van der Waals surface area contributed by atoms with Crippen LogP contribution in [0.25, 0.3) is 11.3 Å². The Morgan fingerprint density at radius 3 is 2.54 bits per heavy atom. The third-order valence-corrected chi connectivity index (χ3v) is 6.85. The molecule has 0 saturated heterocycles. The van der Waals surface area contributed by atoms with Crippen molar-refractivity contribution in [2.45, 2.75) is 48.7 Å². The van der Waals surface area contributed by atoms with Gasteiger partial charge in [0.2, 0.25) is 0 Å². The highest BCUT2D eigenvalue weighted by molar-refractivity contribution is 9.10. The van der Waals surface area contributed by atoms with Crippen LogP contribution in [-0.2, 0) is 22.6 Å². The molecule has 208 valence electrons. The molecule has 0 amide bonds. The van der Waals surface area contributed by atoms with Crippen LogP contribution in [0.1, 0.15) is 12.7 Å². The van der Waals surface area contributed by atoms with E-state index in [2.05, 4.69) is 51.9 Å². The number of thioether (sulfide) groups is 1. The van der Waals surface area contributed by atoms with Gasteiger partial charge in [0, 0.05) is 27.3 Å². The van der Waals surface area contributed by atoms with E-state index in [4.69, 9.17) is 9.47 Å². The number of aliphatic hydroxyl groups is 2. The van der Waals surface area contributed by atoms with Crippen LogP contribution in [-0.4, -0.2) is 81.2 Å². The number of tetrazole rings is 1. The fourth-order valence-corrected chi connectivity index (χ4v) is 4.93. The Balaban J connectivity index is 1.63. The van der Waals surface area contributed by atoms with E-state index in [1.54, 1.807) is 18.5 Å². The number of benzene rings is 1. The lowest BCUT2D eigenvalue weighted by molar-refractivity contribution is -0.116. The number of pyridine rings is 1. The van der Waals surface area contributed by atoms with E-state index in [9.17, 15) is 23.4 Å². The van der Waals surface area contributed by atoms with Gasteiger partial charge in [0.25, 0.3) is 0 Å². The van der Waals surface area contributed by atoms with Gasteiger partial charge < -0.3 is 19.7 Å². The first-order valence-electron chi connectivity index (χ1n) is 11.3. The van der Waals surface area contributed by atoms with Gasteiger partial charge in [-0.05, 0) is 51.5 Å². The molecular weight excluding hydrogens is 609 g/mol. The Hall–Kier alpha value is -2.96. The van der Waals surface area contributed by atoms with E-state index < -0.39 is 47.8 Å². The Kier molecular flexibility index (Phi) is 9.98. The van der Waals surface area contributed by atoms with Gasteiger partial charge in [-0.15, -0.1) is 10.2 Å². The van der Waals surface area contributed by atoms with Crippen molar-refractivity contribution in [1.82, 2.24) is 40.6 Å².